The first-order valence-electron chi connectivity index (χ1n) is 11.8. The van der Waals surface area contributed by atoms with Crippen molar-refractivity contribution in [2.45, 2.75) is 38.5 Å². The van der Waals surface area contributed by atoms with Gasteiger partial charge in [-0.15, -0.1) is 0 Å². The number of dihydropyridines is 1. The van der Waals surface area contributed by atoms with Gasteiger partial charge in [-0.3, -0.25) is 4.79 Å². The van der Waals surface area contributed by atoms with E-state index >= 15 is 4.39 Å². The van der Waals surface area contributed by atoms with E-state index in [1.165, 1.54) is 6.07 Å². The molecular formula is C28H30FNO5. The van der Waals surface area contributed by atoms with Crippen LogP contribution in [0.2, 0.25) is 0 Å². The number of hydrogen-bond acceptors (Lipinski definition) is 6. The summed E-state index contributed by atoms with van der Waals surface area (Å²) < 4.78 is 31.0. The number of allylic oxidation sites excluding steroid dienone is 3. The van der Waals surface area contributed by atoms with Crippen LogP contribution < -0.4 is 10.1 Å². The summed E-state index contributed by atoms with van der Waals surface area (Å²) in [4.78, 5) is 26.7. The van der Waals surface area contributed by atoms with Crippen molar-refractivity contribution in [2.24, 2.45) is 0 Å². The molecule has 0 bridgehead atoms. The highest BCUT2D eigenvalue weighted by Gasteiger charge is 2.42. The molecule has 1 heterocycles. The fraction of sp³-hybridized carbons (Fsp3) is 0.357. The van der Waals surface area contributed by atoms with Crippen molar-refractivity contribution in [2.75, 3.05) is 26.9 Å². The molecule has 0 aromatic heterocycles. The molecule has 4 rings (SSSR count). The van der Waals surface area contributed by atoms with Crippen LogP contribution in [-0.4, -0.2) is 38.7 Å². The van der Waals surface area contributed by atoms with Gasteiger partial charge in [0, 0.05) is 35.6 Å². The molecule has 0 unspecified atom stereocenters. The van der Waals surface area contributed by atoms with Crippen LogP contribution in [0.5, 0.6) is 5.75 Å². The second kappa shape index (κ2) is 10.9. The van der Waals surface area contributed by atoms with E-state index in [0.29, 0.717) is 24.3 Å². The number of benzene rings is 2. The van der Waals surface area contributed by atoms with Gasteiger partial charge in [0.1, 0.15) is 18.2 Å². The first-order valence-corrected chi connectivity index (χ1v) is 11.8. The van der Waals surface area contributed by atoms with Gasteiger partial charge in [-0.05, 0) is 49.9 Å². The summed E-state index contributed by atoms with van der Waals surface area (Å²) in [5, 5.41) is 3.28. The zero-order valence-electron chi connectivity index (χ0n) is 20.2. The number of carbonyl (C=O) groups excluding carboxylic acids is 2. The molecule has 6 nitrogen and oxygen atoms in total. The first kappa shape index (κ1) is 24.7. The van der Waals surface area contributed by atoms with E-state index in [4.69, 9.17) is 14.2 Å². The smallest absolute Gasteiger partial charge is 0.336 e. The molecule has 0 saturated heterocycles. The zero-order chi connectivity index (χ0) is 24.9. The molecule has 2 aliphatic rings. The maximum atomic E-state index is 15.0. The summed E-state index contributed by atoms with van der Waals surface area (Å²) in [7, 11) is 1.61. The van der Waals surface area contributed by atoms with Crippen molar-refractivity contribution in [3.05, 3.63) is 88.0 Å². The van der Waals surface area contributed by atoms with Crippen LogP contribution in [0.3, 0.4) is 0 Å². The number of halogens is 1. The summed E-state index contributed by atoms with van der Waals surface area (Å²) in [5.41, 5.74) is 3.27. The van der Waals surface area contributed by atoms with Crippen LogP contribution >= 0.6 is 0 Å². The monoisotopic (exact) mass is 479 g/mol. The first-order chi connectivity index (χ1) is 16.9. The van der Waals surface area contributed by atoms with Gasteiger partial charge in [0.15, 0.2) is 5.78 Å². The minimum atomic E-state index is -0.837. The Morgan fingerprint density at radius 2 is 1.83 bits per heavy atom. The zero-order valence-corrected chi connectivity index (χ0v) is 20.2. The van der Waals surface area contributed by atoms with Crippen molar-refractivity contribution in [1.29, 1.82) is 0 Å². The van der Waals surface area contributed by atoms with E-state index in [0.717, 1.165) is 17.0 Å². The van der Waals surface area contributed by atoms with E-state index < -0.39 is 17.7 Å². The van der Waals surface area contributed by atoms with E-state index in [1.807, 2.05) is 31.2 Å². The fourth-order valence-electron chi connectivity index (χ4n) is 4.86. The molecule has 1 aliphatic carbocycles. The molecule has 0 radical (unpaired) electrons. The molecule has 2 aromatic carbocycles. The number of carbonyl (C=O) groups is 2. The summed E-state index contributed by atoms with van der Waals surface area (Å²) in [5.74, 6) is -1.29. The number of esters is 1. The standard InChI is InChI=1S/C28H30FNO5/c1-4-34-13-14-35-28(32)25-17(2)30-23-15-19(18-9-11-20(33-3)12-10-18)16-24(31)27(23)26(25)21-7-5-6-8-22(21)29/h5-12,19,26,30H,4,13-16H2,1-3H3/t19-,26-/m0/s1. The molecule has 1 N–H and O–H groups in total. The molecule has 7 heteroatoms. The van der Waals surface area contributed by atoms with Gasteiger partial charge < -0.3 is 19.5 Å². The molecular weight excluding hydrogens is 449 g/mol. The number of hydrogen-bond donors (Lipinski definition) is 1. The Bertz CT molecular complexity index is 1170. The molecule has 2 atom stereocenters. The Balaban J connectivity index is 1.70. The van der Waals surface area contributed by atoms with Crippen molar-refractivity contribution in [3.63, 3.8) is 0 Å². The largest absolute Gasteiger partial charge is 0.497 e. The van der Waals surface area contributed by atoms with Crippen LogP contribution in [0.1, 0.15) is 49.7 Å². The van der Waals surface area contributed by atoms with Crippen molar-refractivity contribution >= 4 is 11.8 Å². The summed E-state index contributed by atoms with van der Waals surface area (Å²) in [6.07, 6.45) is 0.839. The lowest BCUT2D eigenvalue weighted by molar-refractivity contribution is -0.140. The minimum absolute atomic E-state index is 0.0339. The quantitative estimate of drug-likeness (QED) is 0.434. The van der Waals surface area contributed by atoms with Crippen LogP contribution in [0.15, 0.2) is 71.1 Å². The second-order valence-electron chi connectivity index (χ2n) is 8.64. The Morgan fingerprint density at radius 3 is 2.51 bits per heavy atom. The molecule has 0 fully saturated rings. The van der Waals surface area contributed by atoms with Crippen LogP contribution in [0.25, 0.3) is 0 Å². The van der Waals surface area contributed by atoms with Crippen LogP contribution in [0, 0.1) is 5.82 Å². The third-order valence-corrected chi connectivity index (χ3v) is 6.52. The average molecular weight is 480 g/mol. The maximum absolute atomic E-state index is 15.0. The Morgan fingerprint density at radius 1 is 1.09 bits per heavy atom. The van der Waals surface area contributed by atoms with E-state index in [-0.39, 0.29) is 42.5 Å². The highest BCUT2D eigenvalue weighted by Crippen LogP contribution is 2.46. The Hall–Kier alpha value is -3.45. The normalized spacial score (nSPS) is 19.8. The third-order valence-electron chi connectivity index (χ3n) is 6.52. The van der Waals surface area contributed by atoms with Gasteiger partial charge in [0.25, 0.3) is 0 Å². The predicted octanol–water partition coefficient (Wildman–Crippen LogP) is 4.78. The number of nitrogens with one attached hydrogen (secondary N) is 1. The number of ketones is 1. The summed E-state index contributed by atoms with van der Waals surface area (Å²) in [6.45, 7) is 4.47. The molecule has 35 heavy (non-hydrogen) atoms. The van der Waals surface area contributed by atoms with Gasteiger partial charge in [-0.2, -0.15) is 0 Å². The molecule has 0 spiro atoms. The van der Waals surface area contributed by atoms with Crippen molar-refractivity contribution in [3.8, 4) is 5.75 Å². The molecule has 0 amide bonds. The van der Waals surface area contributed by atoms with E-state index in [9.17, 15) is 9.59 Å². The highest BCUT2D eigenvalue weighted by atomic mass is 19.1. The van der Waals surface area contributed by atoms with Crippen molar-refractivity contribution < 1.29 is 28.2 Å². The topological polar surface area (TPSA) is 73.9 Å². The van der Waals surface area contributed by atoms with Gasteiger partial charge in [0.2, 0.25) is 0 Å². The van der Waals surface area contributed by atoms with E-state index in [1.54, 1.807) is 32.2 Å². The summed E-state index contributed by atoms with van der Waals surface area (Å²) in [6, 6.07) is 13.9. The second-order valence-corrected chi connectivity index (χ2v) is 8.64. The van der Waals surface area contributed by atoms with Gasteiger partial charge >= 0.3 is 5.97 Å². The highest BCUT2D eigenvalue weighted by molar-refractivity contribution is 6.04. The average Bonchev–Trinajstić information content (AvgIpc) is 2.86. The molecule has 0 saturated carbocycles. The van der Waals surface area contributed by atoms with Gasteiger partial charge in [-0.1, -0.05) is 30.3 Å². The lowest BCUT2D eigenvalue weighted by Crippen LogP contribution is -2.36. The number of rotatable bonds is 8. The molecule has 2 aromatic rings. The third kappa shape index (κ3) is 5.15. The minimum Gasteiger partial charge on any atom is -0.497 e. The lowest BCUT2D eigenvalue weighted by atomic mass is 9.71. The predicted molar refractivity (Wildman–Crippen MR) is 129 cm³/mol. The number of methoxy groups -OCH3 is 1. The van der Waals surface area contributed by atoms with Crippen molar-refractivity contribution in [1.82, 2.24) is 5.32 Å². The van der Waals surface area contributed by atoms with Gasteiger partial charge in [0.05, 0.1) is 25.2 Å². The van der Waals surface area contributed by atoms with Crippen LogP contribution in [0.4, 0.5) is 4.39 Å². The number of Topliss-reactive ketones (excluding diaryl/α,β-unsaturated/α-hetero) is 1. The van der Waals surface area contributed by atoms with Gasteiger partial charge in [-0.25, -0.2) is 9.18 Å². The summed E-state index contributed by atoms with van der Waals surface area (Å²) >= 11 is 0. The molecule has 184 valence electrons. The van der Waals surface area contributed by atoms with Crippen LogP contribution in [-0.2, 0) is 19.1 Å². The Kier molecular flexibility index (Phi) is 7.66. The maximum Gasteiger partial charge on any atom is 0.336 e. The fourth-order valence-corrected chi connectivity index (χ4v) is 4.86. The van der Waals surface area contributed by atoms with E-state index in [2.05, 4.69) is 5.32 Å². The molecule has 1 aliphatic heterocycles. The lowest BCUT2D eigenvalue weighted by Gasteiger charge is -2.36. The SMILES string of the molecule is CCOCCOC(=O)C1=C(C)NC2=C(C(=O)C[C@@H](c3ccc(OC)cc3)C2)[C@H]1c1ccccc1F. The Labute approximate surface area is 204 Å². The number of ether oxygens (including phenoxy) is 3.